The molecule has 0 saturated heterocycles. The summed E-state index contributed by atoms with van der Waals surface area (Å²) >= 11 is 17.8. The van der Waals surface area contributed by atoms with Gasteiger partial charge in [-0.25, -0.2) is 4.79 Å². The van der Waals surface area contributed by atoms with Crippen LogP contribution in [0.25, 0.3) is 0 Å². The van der Waals surface area contributed by atoms with E-state index in [9.17, 15) is 9.59 Å². The maximum atomic E-state index is 12.2. The third-order valence-electron chi connectivity index (χ3n) is 2.65. The third-order valence-corrected chi connectivity index (χ3v) is 3.61. The molecule has 0 bridgehead atoms. The summed E-state index contributed by atoms with van der Waals surface area (Å²) < 4.78 is 0. The van der Waals surface area contributed by atoms with Crippen molar-refractivity contribution in [2.75, 3.05) is 5.32 Å². The number of amides is 1. The van der Waals surface area contributed by atoms with E-state index in [0.29, 0.717) is 0 Å². The van der Waals surface area contributed by atoms with Gasteiger partial charge in [0.25, 0.3) is 5.91 Å². The lowest BCUT2D eigenvalue weighted by Crippen LogP contribution is -2.14. The van der Waals surface area contributed by atoms with Gasteiger partial charge in [0.05, 0.1) is 31.9 Å². The highest BCUT2D eigenvalue weighted by Gasteiger charge is 2.16. The van der Waals surface area contributed by atoms with Crippen molar-refractivity contribution < 1.29 is 14.7 Å². The van der Waals surface area contributed by atoms with Gasteiger partial charge in [-0.1, -0.05) is 40.9 Å². The topological polar surface area (TPSA) is 66.4 Å². The van der Waals surface area contributed by atoms with Crippen LogP contribution in [0.2, 0.25) is 15.1 Å². The Morgan fingerprint density at radius 3 is 2.14 bits per heavy atom. The molecular formula is C14H8Cl3NO3. The number of halogens is 3. The number of rotatable bonds is 3. The molecule has 0 atom stereocenters. The highest BCUT2D eigenvalue weighted by molar-refractivity contribution is 6.40. The summed E-state index contributed by atoms with van der Waals surface area (Å²) in [5, 5.41) is 12.0. The Balaban J connectivity index is 2.36. The number of aromatic carboxylic acids is 1. The molecule has 4 nitrogen and oxygen atoms in total. The molecule has 0 heterocycles. The number of anilines is 1. The normalized spacial score (nSPS) is 10.2. The van der Waals surface area contributed by atoms with Crippen LogP contribution >= 0.6 is 34.8 Å². The fourth-order valence-electron chi connectivity index (χ4n) is 1.65. The lowest BCUT2D eigenvalue weighted by Gasteiger charge is -2.10. The first kappa shape index (κ1) is 15.6. The Morgan fingerprint density at radius 2 is 1.57 bits per heavy atom. The number of carbonyl (C=O) groups is 2. The molecule has 2 rings (SSSR count). The van der Waals surface area contributed by atoms with E-state index in [0.717, 1.165) is 0 Å². The van der Waals surface area contributed by atoms with Gasteiger partial charge < -0.3 is 10.4 Å². The van der Waals surface area contributed by atoms with Crippen molar-refractivity contribution >= 4 is 52.4 Å². The number of carboxylic acids is 1. The summed E-state index contributed by atoms with van der Waals surface area (Å²) in [7, 11) is 0. The van der Waals surface area contributed by atoms with Gasteiger partial charge >= 0.3 is 5.97 Å². The largest absolute Gasteiger partial charge is 0.478 e. The van der Waals surface area contributed by atoms with Crippen molar-refractivity contribution in [2.45, 2.75) is 0 Å². The molecule has 0 aliphatic rings. The quantitative estimate of drug-likeness (QED) is 0.855. The van der Waals surface area contributed by atoms with E-state index in [1.54, 1.807) is 6.07 Å². The van der Waals surface area contributed by atoms with Crippen LogP contribution in [0.5, 0.6) is 0 Å². The van der Waals surface area contributed by atoms with E-state index in [1.165, 1.54) is 30.3 Å². The molecule has 0 aromatic heterocycles. The third kappa shape index (κ3) is 3.47. The fraction of sp³-hybridized carbons (Fsp3) is 0. The molecular weight excluding hydrogens is 337 g/mol. The zero-order valence-corrected chi connectivity index (χ0v) is 12.6. The minimum Gasteiger partial charge on any atom is -0.478 e. The first-order valence-electron chi connectivity index (χ1n) is 5.68. The molecule has 2 aromatic carbocycles. The molecule has 0 aliphatic heterocycles. The van der Waals surface area contributed by atoms with Crippen molar-refractivity contribution in [3.63, 3.8) is 0 Å². The summed E-state index contributed by atoms with van der Waals surface area (Å²) in [4.78, 5) is 23.1. The molecule has 0 saturated carbocycles. The van der Waals surface area contributed by atoms with Gasteiger partial charge in [-0.3, -0.25) is 4.79 Å². The van der Waals surface area contributed by atoms with E-state index in [1.807, 2.05) is 0 Å². The lowest BCUT2D eigenvalue weighted by molar-refractivity contribution is 0.0696. The molecule has 0 spiro atoms. The first-order valence-corrected chi connectivity index (χ1v) is 6.81. The molecule has 108 valence electrons. The van der Waals surface area contributed by atoms with Gasteiger partial charge in [0.2, 0.25) is 0 Å². The van der Waals surface area contributed by atoms with E-state index in [-0.39, 0.29) is 31.9 Å². The average Bonchev–Trinajstić information content (AvgIpc) is 2.40. The molecule has 0 radical (unpaired) electrons. The average molecular weight is 345 g/mol. The molecule has 1 amide bonds. The SMILES string of the molecule is O=C(O)c1ccc(Cl)c(NC(=O)c2c(Cl)cccc2Cl)c1. The smallest absolute Gasteiger partial charge is 0.335 e. The predicted molar refractivity (Wildman–Crippen MR) is 82.8 cm³/mol. The maximum absolute atomic E-state index is 12.2. The molecule has 21 heavy (non-hydrogen) atoms. The minimum absolute atomic E-state index is 0.0000412. The molecule has 0 unspecified atom stereocenters. The zero-order valence-electron chi connectivity index (χ0n) is 10.4. The van der Waals surface area contributed by atoms with Crippen LogP contribution in [0.1, 0.15) is 20.7 Å². The first-order chi connectivity index (χ1) is 9.90. The van der Waals surface area contributed by atoms with Crippen LogP contribution in [0.15, 0.2) is 36.4 Å². The maximum Gasteiger partial charge on any atom is 0.335 e. The number of carbonyl (C=O) groups excluding carboxylic acids is 1. The van der Waals surface area contributed by atoms with Gasteiger partial charge in [-0.2, -0.15) is 0 Å². The minimum atomic E-state index is -1.13. The summed E-state index contributed by atoms with van der Waals surface area (Å²) in [5.41, 5.74) is 0.259. The number of hydrogen-bond acceptors (Lipinski definition) is 2. The van der Waals surface area contributed by atoms with Gasteiger partial charge in [-0.15, -0.1) is 0 Å². The highest BCUT2D eigenvalue weighted by atomic mass is 35.5. The van der Waals surface area contributed by atoms with Crippen LogP contribution < -0.4 is 5.32 Å². The number of carboxylic acid groups (broad SMARTS) is 1. The summed E-state index contributed by atoms with van der Waals surface area (Å²) in [6, 6.07) is 8.64. The Hall–Kier alpha value is -1.75. The molecule has 7 heteroatoms. The van der Waals surface area contributed by atoms with E-state index < -0.39 is 11.9 Å². The zero-order chi connectivity index (χ0) is 15.6. The van der Waals surface area contributed by atoms with Crippen LogP contribution in [-0.4, -0.2) is 17.0 Å². The van der Waals surface area contributed by atoms with Gasteiger partial charge in [0, 0.05) is 0 Å². The van der Waals surface area contributed by atoms with Crippen LogP contribution in [0.4, 0.5) is 5.69 Å². The van der Waals surface area contributed by atoms with E-state index >= 15 is 0 Å². The van der Waals surface area contributed by atoms with Crippen LogP contribution in [0, 0.1) is 0 Å². The summed E-state index contributed by atoms with van der Waals surface area (Å²) in [6.07, 6.45) is 0. The Labute approximate surface area is 135 Å². The van der Waals surface area contributed by atoms with Crippen LogP contribution in [0.3, 0.4) is 0 Å². The van der Waals surface area contributed by atoms with Gasteiger partial charge in [0.1, 0.15) is 0 Å². The Morgan fingerprint density at radius 1 is 0.952 bits per heavy atom. The number of hydrogen-bond donors (Lipinski definition) is 2. The Bertz CT molecular complexity index is 711. The van der Waals surface area contributed by atoms with Gasteiger partial charge in [0.15, 0.2) is 0 Å². The van der Waals surface area contributed by atoms with Crippen molar-refractivity contribution in [2.24, 2.45) is 0 Å². The second kappa shape index (κ2) is 6.35. The number of benzene rings is 2. The van der Waals surface area contributed by atoms with Crippen molar-refractivity contribution in [1.29, 1.82) is 0 Å². The molecule has 2 aromatic rings. The molecule has 2 N–H and O–H groups in total. The van der Waals surface area contributed by atoms with E-state index in [4.69, 9.17) is 39.9 Å². The van der Waals surface area contributed by atoms with Crippen molar-refractivity contribution in [3.8, 4) is 0 Å². The standard InChI is InChI=1S/C14H8Cl3NO3/c15-8-5-4-7(14(20)21)6-11(8)18-13(19)12-9(16)2-1-3-10(12)17/h1-6H,(H,18,19)(H,20,21). The predicted octanol–water partition coefficient (Wildman–Crippen LogP) is 4.60. The Kier molecular flexibility index (Phi) is 4.73. The van der Waals surface area contributed by atoms with Crippen molar-refractivity contribution in [1.82, 2.24) is 0 Å². The van der Waals surface area contributed by atoms with Crippen LogP contribution in [-0.2, 0) is 0 Å². The van der Waals surface area contributed by atoms with Gasteiger partial charge in [-0.05, 0) is 30.3 Å². The molecule has 0 fully saturated rings. The second-order valence-electron chi connectivity index (χ2n) is 4.05. The van der Waals surface area contributed by atoms with E-state index in [2.05, 4.69) is 5.32 Å². The second-order valence-corrected chi connectivity index (χ2v) is 5.27. The molecule has 0 aliphatic carbocycles. The summed E-state index contributed by atoms with van der Waals surface area (Å²) in [6.45, 7) is 0. The number of nitrogens with one attached hydrogen (secondary N) is 1. The fourth-order valence-corrected chi connectivity index (χ4v) is 2.39. The lowest BCUT2D eigenvalue weighted by atomic mass is 10.1. The monoisotopic (exact) mass is 343 g/mol. The van der Waals surface area contributed by atoms with Crippen molar-refractivity contribution in [3.05, 3.63) is 62.6 Å². The highest BCUT2D eigenvalue weighted by Crippen LogP contribution is 2.28. The summed E-state index contributed by atoms with van der Waals surface area (Å²) in [5.74, 6) is -1.70.